The fourth-order valence-electron chi connectivity index (χ4n) is 5.37. The Hall–Kier alpha value is -4.57. The van der Waals surface area contributed by atoms with Crippen LogP contribution in [0.25, 0.3) is 16.6 Å². The Balaban J connectivity index is 1.33. The maximum Gasteiger partial charge on any atom is 0.219 e. The van der Waals surface area contributed by atoms with Gasteiger partial charge in [-0.05, 0) is 67.8 Å². The van der Waals surface area contributed by atoms with Crippen LogP contribution in [0.2, 0.25) is 0 Å². The molecule has 8 nitrogen and oxygen atoms in total. The summed E-state index contributed by atoms with van der Waals surface area (Å²) < 4.78 is 35.2. The summed E-state index contributed by atoms with van der Waals surface area (Å²) in [5.74, 6) is -1.78. The molecule has 0 saturated carbocycles. The molecule has 0 amide bonds. The molecule has 5 aromatic rings. The van der Waals surface area contributed by atoms with Crippen LogP contribution in [0.15, 0.2) is 54.9 Å². The molecule has 0 unspecified atom stereocenters. The Morgan fingerprint density at radius 1 is 1.12 bits per heavy atom. The number of hydrogen-bond donors (Lipinski definition) is 2. The Morgan fingerprint density at radius 3 is 2.66 bits per heavy atom. The Morgan fingerprint density at radius 2 is 1.93 bits per heavy atom. The summed E-state index contributed by atoms with van der Waals surface area (Å²) in [6.07, 6.45) is 4.04. The van der Waals surface area contributed by atoms with Crippen molar-refractivity contribution >= 4 is 22.5 Å². The van der Waals surface area contributed by atoms with Crippen LogP contribution in [0.4, 0.5) is 14.6 Å². The van der Waals surface area contributed by atoms with Crippen LogP contribution >= 0.6 is 0 Å². The first kappa shape index (κ1) is 26.6. The fraction of sp³-hybridized carbons (Fsp3) is 0.258. The summed E-state index contributed by atoms with van der Waals surface area (Å²) in [6, 6.07) is 11.2. The number of nitrogens with zero attached hydrogens (tertiary/aromatic N) is 4. The minimum absolute atomic E-state index is 0.0340. The van der Waals surface area contributed by atoms with Crippen LogP contribution in [-0.4, -0.2) is 50.1 Å². The zero-order valence-corrected chi connectivity index (χ0v) is 23.1. The normalized spacial score (nSPS) is 13.4. The van der Waals surface area contributed by atoms with E-state index in [1.807, 2.05) is 19.1 Å². The number of aromatic amines is 1. The van der Waals surface area contributed by atoms with Gasteiger partial charge in [0.25, 0.3) is 0 Å². The van der Waals surface area contributed by atoms with Gasteiger partial charge in [-0.2, -0.15) is 5.10 Å². The summed E-state index contributed by atoms with van der Waals surface area (Å²) >= 11 is 0. The second-order valence-electron chi connectivity index (χ2n) is 10.1. The van der Waals surface area contributed by atoms with Crippen LogP contribution in [0, 0.1) is 18.6 Å². The number of halogens is 2. The molecule has 2 N–H and O–H groups in total. The molecule has 0 aliphatic carbocycles. The lowest BCUT2D eigenvalue weighted by Gasteiger charge is -2.28. The minimum atomic E-state index is -0.821. The molecule has 0 spiro atoms. The lowest BCUT2D eigenvalue weighted by Crippen LogP contribution is -2.30. The maximum atomic E-state index is 14.1. The highest BCUT2D eigenvalue weighted by molar-refractivity contribution is 6.13. The summed E-state index contributed by atoms with van der Waals surface area (Å²) in [5.41, 5.74) is 5.71. The highest BCUT2D eigenvalue weighted by Gasteiger charge is 2.24. The third kappa shape index (κ3) is 4.84. The van der Waals surface area contributed by atoms with E-state index in [0.29, 0.717) is 34.9 Å². The second-order valence-corrected chi connectivity index (χ2v) is 10.1. The smallest absolute Gasteiger partial charge is 0.219 e. The second kappa shape index (κ2) is 10.8. The van der Waals surface area contributed by atoms with Crippen LogP contribution in [-0.2, 0) is 13.0 Å². The average Bonchev–Trinajstić information content (AvgIpc) is 3.60. The quantitative estimate of drug-likeness (QED) is 0.222. The highest BCUT2D eigenvalue weighted by atomic mass is 19.1. The zero-order chi connectivity index (χ0) is 28.7. The van der Waals surface area contributed by atoms with Gasteiger partial charge in [0, 0.05) is 36.6 Å². The van der Waals surface area contributed by atoms with Gasteiger partial charge in [-0.3, -0.25) is 9.69 Å². The number of carbonyl (C=O) groups is 1. The molecule has 41 heavy (non-hydrogen) atoms. The van der Waals surface area contributed by atoms with Crippen molar-refractivity contribution in [3.05, 3.63) is 94.4 Å². The summed E-state index contributed by atoms with van der Waals surface area (Å²) in [5, 5.41) is 8.85. The van der Waals surface area contributed by atoms with E-state index in [1.54, 1.807) is 23.9 Å². The van der Waals surface area contributed by atoms with Crippen molar-refractivity contribution in [2.24, 2.45) is 0 Å². The zero-order valence-electron chi connectivity index (χ0n) is 23.1. The van der Waals surface area contributed by atoms with E-state index < -0.39 is 17.4 Å². The van der Waals surface area contributed by atoms with Crippen molar-refractivity contribution in [3.8, 4) is 17.3 Å². The number of carbonyl (C=O) groups excluding carboxylic acids is 1. The van der Waals surface area contributed by atoms with Crippen LogP contribution in [0.1, 0.15) is 46.6 Å². The molecule has 0 fully saturated rings. The van der Waals surface area contributed by atoms with E-state index in [4.69, 9.17) is 4.74 Å². The largest absolute Gasteiger partial charge is 0.433 e. The molecular formula is C31H30F2N6O2. The topological polar surface area (TPSA) is 88.1 Å². The van der Waals surface area contributed by atoms with Crippen LogP contribution in [0.3, 0.4) is 0 Å². The molecule has 1 aliphatic rings. The van der Waals surface area contributed by atoms with Crippen molar-refractivity contribution in [2.45, 2.75) is 33.7 Å². The molecule has 0 atom stereocenters. The minimum Gasteiger partial charge on any atom is -0.433 e. The van der Waals surface area contributed by atoms with Gasteiger partial charge in [-0.1, -0.05) is 19.1 Å². The van der Waals surface area contributed by atoms with Gasteiger partial charge in [-0.25, -0.2) is 18.4 Å². The predicted molar refractivity (Wildman–Crippen MR) is 153 cm³/mol. The van der Waals surface area contributed by atoms with Crippen molar-refractivity contribution in [2.75, 3.05) is 25.0 Å². The standard InChI is InChI=1S/C31H30F2N6O2/c1-4-34-31-21(29(40)26-14-20-22-17-38(5-2)12-11-19(22)9-10-25(20)37-26)15-36-39(31)27-16-35-28(13-18(27)3)41-30-23(32)7-6-8-24(30)33/h6-10,13-16,34,37H,4-5,11-12,17H2,1-3H3. The van der Waals surface area contributed by atoms with Gasteiger partial charge >= 0.3 is 0 Å². The molecule has 1 aliphatic heterocycles. The number of fused-ring (bicyclic) bond motifs is 3. The first-order valence-electron chi connectivity index (χ1n) is 13.7. The van der Waals surface area contributed by atoms with E-state index in [0.717, 1.165) is 49.1 Å². The molecule has 0 bridgehead atoms. The number of hydrogen-bond acceptors (Lipinski definition) is 6. The number of ketones is 1. The summed E-state index contributed by atoms with van der Waals surface area (Å²) in [7, 11) is 0. The number of aryl methyl sites for hydroxylation is 1. The number of anilines is 1. The molecule has 0 radical (unpaired) electrons. The fourth-order valence-corrected chi connectivity index (χ4v) is 5.37. The molecular weight excluding hydrogens is 526 g/mol. The number of ether oxygens (including phenoxy) is 1. The van der Waals surface area contributed by atoms with E-state index >= 15 is 0 Å². The Labute approximate surface area is 236 Å². The van der Waals surface area contributed by atoms with Gasteiger partial charge in [0.05, 0.1) is 29.3 Å². The van der Waals surface area contributed by atoms with Gasteiger partial charge < -0.3 is 15.0 Å². The monoisotopic (exact) mass is 556 g/mol. The first-order valence-corrected chi connectivity index (χ1v) is 13.7. The van der Waals surface area contributed by atoms with E-state index in [1.165, 1.54) is 23.4 Å². The lowest BCUT2D eigenvalue weighted by atomic mass is 9.96. The van der Waals surface area contributed by atoms with Crippen molar-refractivity contribution in [1.82, 2.24) is 24.6 Å². The molecule has 2 aromatic carbocycles. The SMILES string of the molecule is CCNc1c(C(=O)c2cc3c4c(ccc3[nH]2)CCN(CC)C4)cnn1-c1cnc(Oc2c(F)cccc2F)cc1C. The number of nitrogens with one attached hydrogen (secondary N) is 2. The van der Waals surface area contributed by atoms with Gasteiger partial charge in [-0.15, -0.1) is 0 Å². The number of H-pyrrole nitrogens is 1. The molecule has 0 saturated heterocycles. The Kier molecular flexibility index (Phi) is 7.00. The lowest BCUT2D eigenvalue weighted by molar-refractivity contribution is 0.103. The third-order valence-corrected chi connectivity index (χ3v) is 7.55. The third-order valence-electron chi connectivity index (χ3n) is 7.55. The number of pyridine rings is 1. The number of para-hydroxylation sites is 1. The summed E-state index contributed by atoms with van der Waals surface area (Å²) in [4.78, 5) is 23.8. The number of rotatable bonds is 8. The van der Waals surface area contributed by atoms with Crippen LogP contribution in [0.5, 0.6) is 11.6 Å². The van der Waals surface area contributed by atoms with Crippen molar-refractivity contribution in [1.29, 1.82) is 0 Å². The first-order chi connectivity index (χ1) is 19.9. The van der Waals surface area contributed by atoms with Gasteiger partial charge in [0.15, 0.2) is 11.6 Å². The number of aromatic nitrogens is 4. The average molecular weight is 557 g/mol. The highest BCUT2D eigenvalue weighted by Crippen LogP contribution is 2.32. The van der Waals surface area contributed by atoms with E-state index in [2.05, 4.69) is 38.3 Å². The Bertz CT molecular complexity index is 1760. The van der Waals surface area contributed by atoms with E-state index in [-0.39, 0.29) is 11.7 Å². The van der Waals surface area contributed by atoms with E-state index in [9.17, 15) is 13.6 Å². The van der Waals surface area contributed by atoms with Crippen molar-refractivity contribution < 1.29 is 18.3 Å². The number of benzene rings is 2. The van der Waals surface area contributed by atoms with Gasteiger partial charge in [0.2, 0.25) is 17.4 Å². The maximum absolute atomic E-state index is 14.1. The van der Waals surface area contributed by atoms with Gasteiger partial charge in [0.1, 0.15) is 5.82 Å². The molecule has 210 valence electrons. The summed E-state index contributed by atoms with van der Waals surface area (Å²) in [6.45, 7) is 9.35. The molecule has 4 heterocycles. The molecule has 10 heteroatoms. The molecule has 3 aromatic heterocycles. The van der Waals surface area contributed by atoms with Crippen LogP contribution < -0.4 is 10.1 Å². The predicted octanol–water partition coefficient (Wildman–Crippen LogP) is 6.17. The van der Waals surface area contributed by atoms with Crippen molar-refractivity contribution in [3.63, 3.8) is 0 Å². The number of likely N-dealkylation sites (N-methyl/N-ethyl adjacent to an activating group) is 1. The molecule has 6 rings (SSSR count).